The molecule has 1 aliphatic rings. The van der Waals surface area contributed by atoms with Crippen molar-refractivity contribution in [1.82, 2.24) is 14.6 Å². The van der Waals surface area contributed by atoms with E-state index in [4.69, 9.17) is 11.6 Å². The summed E-state index contributed by atoms with van der Waals surface area (Å²) in [6.07, 6.45) is 7.50. The second-order valence-electron chi connectivity index (χ2n) is 5.38. The van der Waals surface area contributed by atoms with Crippen LogP contribution in [0.3, 0.4) is 0 Å². The molecule has 0 bridgehead atoms. The second kappa shape index (κ2) is 5.37. The van der Waals surface area contributed by atoms with Crippen LogP contribution < -0.4 is 5.32 Å². The number of halogens is 1. The van der Waals surface area contributed by atoms with E-state index >= 15 is 0 Å². The highest BCUT2D eigenvalue weighted by molar-refractivity contribution is 6.18. The van der Waals surface area contributed by atoms with Crippen molar-refractivity contribution in [3.63, 3.8) is 0 Å². The van der Waals surface area contributed by atoms with Crippen molar-refractivity contribution in [2.45, 2.75) is 26.2 Å². The van der Waals surface area contributed by atoms with E-state index in [0.29, 0.717) is 11.8 Å². The standard InChI is InChI=1S/C14H19ClN4/c1-10-7-13-14(16-5-6-19(13)18-10)17-9-12-4-2-3-11(12)8-15/h5-7,11-12H,2-4,8-9H2,1H3,(H,16,17). The fourth-order valence-electron chi connectivity index (χ4n) is 2.99. The zero-order valence-electron chi connectivity index (χ0n) is 11.1. The van der Waals surface area contributed by atoms with Crippen molar-refractivity contribution < 1.29 is 0 Å². The number of anilines is 1. The van der Waals surface area contributed by atoms with Crippen molar-refractivity contribution in [3.05, 3.63) is 24.2 Å². The van der Waals surface area contributed by atoms with Crippen LogP contribution in [0, 0.1) is 18.8 Å². The van der Waals surface area contributed by atoms with Gasteiger partial charge in [0.15, 0.2) is 5.82 Å². The van der Waals surface area contributed by atoms with Gasteiger partial charge in [-0.2, -0.15) is 5.10 Å². The predicted molar refractivity (Wildman–Crippen MR) is 77.8 cm³/mol. The van der Waals surface area contributed by atoms with Gasteiger partial charge in [0.05, 0.1) is 5.69 Å². The Hall–Kier alpha value is -1.29. The van der Waals surface area contributed by atoms with E-state index in [1.54, 1.807) is 6.20 Å². The number of aryl methyl sites for hydroxylation is 1. The molecule has 0 amide bonds. The first-order valence-electron chi connectivity index (χ1n) is 6.89. The van der Waals surface area contributed by atoms with E-state index in [2.05, 4.69) is 21.5 Å². The van der Waals surface area contributed by atoms with Crippen LogP contribution in [-0.4, -0.2) is 27.0 Å². The fourth-order valence-corrected chi connectivity index (χ4v) is 3.40. The Labute approximate surface area is 118 Å². The molecule has 2 aromatic rings. The zero-order valence-corrected chi connectivity index (χ0v) is 11.9. The molecule has 19 heavy (non-hydrogen) atoms. The Bertz CT molecular complexity index is 566. The molecular formula is C14H19ClN4. The molecule has 2 unspecified atom stereocenters. The van der Waals surface area contributed by atoms with Crippen LogP contribution in [0.15, 0.2) is 18.5 Å². The van der Waals surface area contributed by atoms with Gasteiger partial charge in [0, 0.05) is 24.8 Å². The van der Waals surface area contributed by atoms with Crippen LogP contribution in [-0.2, 0) is 0 Å². The molecule has 2 atom stereocenters. The molecule has 0 aromatic carbocycles. The molecule has 5 heteroatoms. The van der Waals surface area contributed by atoms with Crippen molar-refractivity contribution in [3.8, 4) is 0 Å². The van der Waals surface area contributed by atoms with Gasteiger partial charge in [0.1, 0.15) is 5.52 Å². The van der Waals surface area contributed by atoms with E-state index < -0.39 is 0 Å². The van der Waals surface area contributed by atoms with Gasteiger partial charge in [0.25, 0.3) is 0 Å². The number of nitrogens with zero attached hydrogens (tertiary/aromatic N) is 3. The van der Waals surface area contributed by atoms with Gasteiger partial charge in [-0.25, -0.2) is 9.50 Å². The molecule has 4 nitrogen and oxygen atoms in total. The smallest absolute Gasteiger partial charge is 0.152 e. The Morgan fingerprint density at radius 1 is 1.42 bits per heavy atom. The minimum absolute atomic E-state index is 0.653. The molecule has 1 saturated carbocycles. The molecule has 102 valence electrons. The summed E-state index contributed by atoms with van der Waals surface area (Å²) < 4.78 is 1.87. The van der Waals surface area contributed by atoms with E-state index in [-0.39, 0.29) is 0 Å². The number of alkyl halides is 1. The van der Waals surface area contributed by atoms with E-state index in [1.165, 1.54) is 19.3 Å². The molecule has 1 N–H and O–H groups in total. The lowest BCUT2D eigenvalue weighted by Gasteiger charge is -2.18. The van der Waals surface area contributed by atoms with Crippen LogP contribution in [0.4, 0.5) is 5.82 Å². The van der Waals surface area contributed by atoms with Gasteiger partial charge >= 0.3 is 0 Å². The average Bonchev–Trinajstić information content (AvgIpc) is 3.00. The molecule has 1 aliphatic carbocycles. The van der Waals surface area contributed by atoms with Crippen molar-refractivity contribution in [2.75, 3.05) is 17.7 Å². The number of hydrogen-bond acceptors (Lipinski definition) is 3. The van der Waals surface area contributed by atoms with Crippen molar-refractivity contribution >= 4 is 22.9 Å². The van der Waals surface area contributed by atoms with Gasteiger partial charge in [-0.05, 0) is 37.7 Å². The number of nitrogens with one attached hydrogen (secondary N) is 1. The van der Waals surface area contributed by atoms with Gasteiger partial charge in [-0.3, -0.25) is 0 Å². The van der Waals surface area contributed by atoms with E-state index in [0.717, 1.165) is 29.5 Å². The highest BCUT2D eigenvalue weighted by Gasteiger charge is 2.26. The number of rotatable bonds is 4. The lowest BCUT2D eigenvalue weighted by atomic mass is 9.98. The highest BCUT2D eigenvalue weighted by Crippen LogP contribution is 2.32. The molecule has 0 radical (unpaired) electrons. The van der Waals surface area contributed by atoms with Crippen LogP contribution in [0.2, 0.25) is 0 Å². The Balaban J connectivity index is 1.74. The monoisotopic (exact) mass is 278 g/mol. The summed E-state index contributed by atoms with van der Waals surface area (Å²) in [7, 11) is 0. The Kier molecular flexibility index (Phi) is 3.60. The predicted octanol–water partition coefficient (Wildman–Crippen LogP) is 3.10. The van der Waals surface area contributed by atoms with Gasteiger partial charge in [0.2, 0.25) is 0 Å². The quantitative estimate of drug-likeness (QED) is 0.874. The summed E-state index contributed by atoms with van der Waals surface area (Å²) >= 11 is 6.03. The summed E-state index contributed by atoms with van der Waals surface area (Å²) in [4.78, 5) is 4.43. The lowest BCUT2D eigenvalue weighted by Crippen LogP contribution is -2.20. The normalized spacial score (nSPS) is 23.1. The second-order valence-corrected chi connectivity index (χ2v) is 5.69. The molecular weight excluding hydrogens is 260 g/mol. The summed E-state index contributed by atoms with van der Waals surface area (Å²) in [5, 5.41) is 7.88. The Morgan fingerprint density at radius 3 is 3.11 bits per heavy atom. The molecule has 3 rings (SSSR count). The van der Waals surface area contributed by atoms with E-state index in [1.807, 2.05) is 17.6 Å². The maximum Gasteiger partial charge on any atom is 0.152 e. The van der Waals surface area contributed by atoms with Crippen molar-refractivity contribution in [2.24, 2.45) is 11.8 Å². The minimum Gasteiger partial charge on any atom is -0.368 e. The summed E-state index contributed by atoms with van der Waals surface area (Å²) in [6.45, 7) is 2.95. The summed E-state index contributed by atoms with van der Waals surface area (Å²) in [5.41, 5.74) is 2.05. The summed E-state index contributed by atoms with van der Waals surface area (Å²) in [6, 6.07) is 2.06. The number of fused-ring (bicyclic) bond motifs is 1. The maximum absolute atomic E-state index is 6.03. The lowest BCUT2D eigenvalue weighted by molar-refractivity contribution is 0.444. The minimum atomic E-state index is 0.653. The molecule has 2 heterocycles. The van der Waals surface area contributed by atoms with Crippen LogP contribution in [0.25, 0.3) is 5.52 Å². The SMILES string of the molecule is Cc1cc2c(NCC3CCCC3CCl)nccn2n1. The molecule has 2 aromatic heterocycles. The average molecular weight is 279 g/mol. The molecule has 0 spiro atoms. The van der Waals surface area contributed by atoms with Gasteiger partial charge in [-0.15, -0.1) is 11.6 Å². The maximum atomic E-state index is 6.03. The largest absolute Gasteiger partial charge is 0.368 e. The molecule has 0 aliphatic heterocycles. The number of aromatic nitrogens is 3. The number of hydrogen-bond donors (Lipinski definition) is 1. The summed E-state index contributed by atoms with van der Waals surface area (Å²) in [5.74, 6) is 3.02. The van der Waals surface area contributed by atoms with Crippen LogP contribution >= 0.6 is 11.6 Å². The van der Waals surface area contributed by atoms with Gasteiger partial charge < -0.3 is 5.32 Å². The first-order chi connectivity index (χ1) is 9.28. The third-order valence-electron chi connectivity index (χ3n) is 4.06. The Morgan fingerprint density at radius 2 is 2.26 bits per heavy atom. The third-order valence-corrected chi connectivity index (χ3v) is 4.45. The third kappa shape index (κ3) is 2.54. The molecule has 0 saturated heterocycles. The first-order valence-corrected chi connectivity index (χ1v) is 7.42. The topological polar surface area (TPSA) is 42.2 Å². The highest BCUT2D eigenvalue weighted by atomic mass is 35.5. The zero-order chi connectivity index (χ0) is 13.2. The van der Waals surface area contributed by atoms with E-state index in [9.17, 15) is 0 Å². The van der Waals surface area contributed by atoms with Crippen LogP contribution in [0.5, 0.6) is 0 Å². The van der Waals surface area contributed by atoms with Crippen LogP contribution in [0.1, 0.15) is 25.0 Å². The first kappa shape index (κ1) is 12.7. The molecule has 1 fully saturated rings. The fraction of sp³-hybridized carbons (Fsp3) is 0.571. The van der Waals surface area contributed by atoms with Gasteiger partial charge in [-0.1, -0.05) is 6.42 Å². The van der Waals surface area contributed by atoms with Crippen molar-refractivity contribution in [1.29, 1.82) is 0 Å².